The molecule has 0 unspecified atom stereocenters. The summed E-state index contributed by atoms with van der Waals surface area (Å²) in [7, 11) is 0. The third kappa shape index (κ3) is 5.31. The zero-order valence-corrected chi connectivity index (χ0v) is 20.1. The van der Waals surface area contributed by atoms with Crippen LogP contribution in [0.4, 0.5) is 5.82 Å². The van der Waals surface area contributed by atoms with Crippen LogP contribution in [0.1, 0.15) is 31.2 Å². The van der Waals surface area contributed by atoms with Crippen molar-refractivity contribution >= 4 is 39.6 Å². The fourth-order valence-electron chi connectivity index (χ4n) is 3.59. The lowest BCUT2D eigenvalue weighted by Gasteiger charge is -2.35. The number of hydrazine groups is 1. The number of hydrogen-bond donors (Lipinski definition) is 2. The Labute approximate surface area is 194 Å². The number of anilines is 1. The van der Waals surface area contributed by atoms with Crippen LogP contribution in [0.2, 0.25) is 0 Å². The smallest absolute Gasteiger partial charge is 0.219 e. The molecule has 0 aromatic carbocycles. The number of ether oxygens (including phenoxy) is 1. The average Bonchev–Trinajstić information content (AvgIpc) is 3.20. The van der Waals surface area contributed by atoms with E-state index < -0.39 is 0 Å². The van der Waals surface area contributed by atoms with E-state index in [1.54, 1.807) is 13.1 Å². The highest BCUT2D eigenvalue weighted by molar-refractivity contribution is 9.10. The zero-order chi connectivity index (χ0) is 22.0. The third-order valence-corrected chi connectivity index (χ3v) is 6.44. The predicted molar refractivity (Wildman–Crippen MR) is 125 cm³/mol. The maximum absolute atomic E-state index is 11.6. The van der Waals surface area contributed by atoms with Crippen molar-refractivity contribution in [3.05, 3.63) is 51.5 Å². The number of amides is 1. The van der Waals surface area contributed by atoms with Crippen molar-refractivity contribution in [3.8, 4) is 11.5 Å². The fourth-order valence-corrected chi connectivity index (χ4v) is 4.62. The van der Waals surface area contributed by atoms with Gasteiger partial charge < -0.3 is 15.0 Å². The number of nitrogens with zero attached hydrogens (tertiary/aromatic N) is 4. The molecule has 0 atom stereocenters. The molecule has 2 aromatic rings. The Balaban J connectivity index is 1.46. The van der Waals surface area contributed by atoms with Gasteiger partial charge in [-0.25, -0.2) is 4.98 Å². The van der Waals surface area contributed by atoms with Crippen molar-refractivity contribution in [2.45, 2.75) is 39.7 Å². The topological polar surface area (TPSA) is 82.6 Å². The highest BCUT2D eigenvalue weighted by atomic mass is 79.9. The molecule has 2 aliphatic heterocycles. The van der Waals surface area contributed by atoms with Crippen molar-refractivity contribution in [1.29, 1.82) is 0 Å². The molecule has 4 rings (SSSR count). The second-order valence-electron chi connectivity index (χ2n) is 7.59. The fraction of sp³-hybridized carbons (Fsp3) is 0.381. The van der Waals surface area contributed by atoms with Gasteiger partial charge in [0.25, 0.3) is 0 Å². The summed E-state index contributed by atoms with van der Waals surface area (Å²) >= 11 is 4.97. The van der Waals surface area contributed by atoms with Crippen molar-refractivity contribution in [1.82, 2.24) is 24.7 Å². The van der Waals surface area contributed by atoms with E-state index in [2.05, 4.69) is 41.1 Å². The Morgan fingerprint density at radius 3 is 2.77 bits per heavy atom. The van der Waals surface area contributed by atoms with E-state index in [0.717, 1.165) is 46.8 Å². The van der Waals surface area contributed by atoms with Crippen molar-refractivity contribution < 1.29 is 9.53 Å². The Hall–Kier alpha value is -2.30. The molecule has 8 nitrogen and oxygen atoms in total. The van der Waals surface area contributed by atoms with E-state index in [4.69, 9.17) is 4.74 Å². The van der Waals surface area contributed by atoms with Crippen LogP contribution < -0.4 is 14.9 Å². The summed E-state index contributed by atoms with van der Waals surface area (Å²) in [6.45, 7) is 7.09. The summed E-state index contributed by atoms with van der Waals surface area (Å²) in [4.78, 5) is 25.8. The number of pyridine rings is 2. The van der Waals surface area contributed by atoms with Crippen molar-refractivity contribution in [2.75, 3.05) is 18.4 Å². The van der Waals surface area contributed by atoms with Gasteiger partial charge in [-0.05, 0) is 66.7 Å². The zero-order valence-electron chi connectivity index (χ0n) is 17.7. The van der Waals surface area contributed by atoms with Crippen LogP contribution in [-0.2, 0) is 4.79 Å². The molecule has 0 saturated carbocycles. The van der Waals surface area contributed by atoms with E-state index in [1.807, 2.05) is 43.1 Å². The van der Waals surface area contributed by atoms with Gasteiger partial charge >= 0.3 is 0 Å². The summed E-state index contributed by atoms with van der Waals surface area (Å²) in [6.07, 6.45) is 5.65. The number of likely N-dealkylation sites (tertiary alicyclic amines) is 1. The maximum atomic E-state index is 11.6. The van der Waals surface area contributed by atoms with Gasteiger partial charge in [0, 0.05) is 54.7 Å². The van der Waals surface area contributed by atoms with Gasteiger partial charge in [0.15, 0.2) is 11.6 Å². The quantitative estimate of drug-likeness (QED) is 0.581. The number of hydrogen-bond acceptors (Lipinski definition) is 8. The molecule has 0 aliphatic carbocycles. The van der Waals surface area contributed by atoms with Gasteiger partial charge in [0.05, 0.1) is 5.69 Å². The van der Waals surface area contributed by atoms with Crippen LogP contribution in [0.3, 0.4) is 0 Å². The molecular weight excluding hydrogens is 480 g/mol. The molecule has 31 heavy (non-hydrogen) atoms. The van der Waals surface area contributed by atoms with E-state index in [-0.39, 0.29) is 5.91 Å². The lowest BCUT2D eigenvalue weighted by atomic mass is 10.0. The molecule has 10 heteroatoms. The highest BCUT2D eigenvalue weighted by Crippen LogP contribution is 2.35. The number of carbonyl (C=O) groups excluding carboxylic acids is 1. The molecule has 2 N–H and O–H groups in total. The number of piperidine rings is 1. The first-order valence-electron chi connectivity index (χ1n) is 10.1. The molecule has 1 amide bonds. The molecule has 1 saturated heterocycles. The van der Waals surface area contributed by atoms with E-state index in [9.17, 15) is 4.79 Å². The summed E-state index contributed by atoms with van der Waals surface area (Å²) in [5, 5.41) is 6.39. The standard InChI is InChI=1S/C21H25BrN6O2S/c1-13-4-5-18(14(2)24-13)30-19-10-16(22)11-23-21(19)25-20-12-28(26-31-20)17-6-8-27(9-7-17)15(3)29/h4-5,10-12,17,26H,6-9H2,1-3H3,(H,23,25). The number of aryl methyl sites for hydroxylation is 2. The van der Waals surface area contributed by atoms with Gasteiger partial charge in [-0.15, -0.1) is 0 Å². The summed E-state index contributed by atoms with van der Waals surface area (Å²) in [5.41, 5.74) is 1.77. The Kier molecular flexibility index (Phi) is 6.68. The molecule has 2 aromatic heterocycles. The van der Waals surface area contributed by atoms with Crippen molar-refractivity contribution in [3.63, 3.8) is 0 Å². The first kappa shape index (κ1) is 21.9. The van der Waals surface area contributed by atoms with Crippen LogP contribution in [0.5, 0.6) is 11.5 Å². The second-order valence-corrected chi connectivity index (χ2v) is 9.34. The minimum absolute atomic E-state index is 0.146. The molecule has 1 fully saturated rings. The van der Waals surface area contributed by atoms with Gasteiger partial charge in [0.2, 0.25) is 5.91 Å². The van der Waals surface area contributed by atoms with Crippen molar-refractivity contribution in [2.24, 2.45) is 0 Å². The van der Waals surface area contributed by atoms with E-state index in [1.165, 1.54) is 11.9 Å². The van der Waals surface area contributed by atoms with Crippen LogP contribution in [0.15, 0.2) is 40.1 Å². The first-order chi connectivity index (χ1) is 14.9. The lowest BCUT2D eigenvalue weighted by molar-refractivity contribution is -0.130. The Morgan fingerprint density at radius 1 is 1.29 bits per heavy atom. The largest absolute Gasteiger partial charge is 0.452 e. The maximum Gasteiger partial charge on any atom is 0.219 e. The first-order valence-corrected chi connectivity index (χ1v) is 11.7. The molecule has 164 valence electrons. The highest BCUT2D eigenvalue weighted by Gasteiger charge is 2.27. The summed E-state index contributed by atoms with van der Waals surface area (Å²) < 4.78 is 6.97. The number of nitrogens with one attached hydrogen (secondary N) is 2. The summed E-state index contributed by atoms with van der Waals surface area (Å²) in [5.74, 6) is 2.07. The Bertz CT molecular complexity index is 1010. The normalized spacial score (nSPS) is 17.0. The summed E-state index contributed by atoms with van der Waals surface area (Å²) in [6, 6.07) is 6.08. The SMILES string of the molecule is CC(=O)N1CCC(N2C=C(Nc3ncc(Br)cc3Oc3ccc(C)nc3C)SN2)CC1. The number of carbonyl (C=O) groups is 1. The van der Waals surface area contributed by atoms with Gasteiger partial charge in [0.1, 0.15) is 10.8 Å². The minimum Gasteiger partial charge on any atom is -0.452 e. The minimum atomic E-state index is 0.146. The molecule has 2 aliphatic rings. The monoisotopic (exact) mass is 504 g/mol. The van der Waals surface area contributed by atoms with Gasteiger partial charge in [-0.3, -0.25) is 14.8 Å². The number of halogens is 1. The van der Waals surface area contributed by atoms with E-state index in [0.29, 0.717) is 23.4 Å². The predicted octanol–water partition coefficient (Wildman–Crippen LogP) is 4.34. The molecule has 4 heterocycles. The van der Waals surface area contributed by atoms with Crippen LogP contribution in [0.25, 0.3) is 0 Å². The number of rotatable bonds is 5. The van der Waals surface area contributed by atoms with Crippen LogP contribution in [0, 0.1) is 13.8 Å². The van der Waals surface area contributed by atoms with Crippen LogP contribution >= 0.6 is 27.9 Å². The number of aromatic nitrogens is 2. The lowest BCUT2D eigenvalue weighted by Crippen LogP contribution is -2.46. The van der Waals surface area contributed by atoms with E-state index >= 15 is 0 Å². The molecular formula is C21H25BrN6O2S. The van der Waals surface area contributed by atoms with Crippen LogP contribution in [-0.4, -0.2) is 44.9 Å². The van der Waals surface area contributed by atoms with Gasteiger partial charge in [-0.2, -0.15) is 4.83 Å². The third-order valence-electron chi connectivity index (χ3n) is 5.28. The molecule has 0 bridgehead atoms. The second kappa shape index (κ2) is 9.46. The molecule has 0 spiro atoms. The van der Waals surface area contributed by atoms with Gasteiger partial charge in [-0.1, -0.05) is 0 Å². The average molecular weight is 505 g/mol. The Morgan fingerprint density at radius 2 is 2.06 bits per heavy atom. The molecule has 0 radical (unpaired) electrons.